The fraction of sp³-hybridized carbons (Fsp3) is 0.700. The third kappa shape index (κ3) is 5.20. The van der Waals surface area contributed by atoms with Crippen LogP contribution in [0.25, 0.3) is 0 Å². The van der Waals surface area contributed by atoms with Crippen LogP contribution in [0.2, 0.25) is 0 Å². The van der Waals surface area contributed by atoms with Crippen molar-refractivity contribution >= 4 is 0 Å². The van der Waals surface area contributed by atoms with Gasteiger partial charge in [0.15, 0.2) is 0 Å². The van der Waals surface area contributed by atoms with Gasteiger partial charge in [-0.1, -0.05) is 51.2 Å². The molecule has 0 heterocycles. The van der Waals surface area contributed by atoms with E-state index in [1.54, 1.807) is 0 Å². The molecule has 20 heavy (non-hydrogen) atoms. The standard InChI is InChI=1S/C20H32/c1-16(2)9-11-18(3,4)12-10-17-15-19(5,6)13-14-20(17,7)8/h15H,1,9,11,13-14H2,2-8H3. The Hall–Kier alpha value is -0.960. The summed E-state index contributed by atoms with van der Waals surface area (Å²) in [4.78, 5) is 0. The van der Waals surface area contributed by atoms with Crippen molar-refractivity contribution in [2.24, 2.45) is 16.2 Å². The van der Waals surface area contributed by atoms with Crippen molar-refractivity contribution in [3.8, 4) is 11.8 Å². The molecule has 0 saturated carbocycles. The van der Waals surface area contributed by atoms with E-state index in [0.29, 0.717) is 5.41 Å². The highest BCUT2D eigenvalue weighted by Crippen LogP contribution is 2.43. The predicted molar refractivity (Wildman–Crippen MR) is 90.5 cm³/mol. The van der Waals surface area contributed by atoms with E-state index in [1.807, 2.05) is 0 Å². The van der Waals surface area contributed by atoms with Crippen LogP contribution in [0, 0.1) is 28.1 Å². The monoisotopic (exact) mass is 272 g/mol. The molecule has 1 aliphatic rings. The molecule has 0 aromatic heterocycles. The second kappa shape index (κ2) is 5.80. The average molecular weight is 272 g/mol. The molecule has 0 atom stereocenters. The molecule has 112 valence electrons. The Morgan fingerprint density at radius 3 is 2.40 bits per heavy atom. The average Bonchev–Trinajstić information content (AvgIpc) is 2.29. The number of hydrogen-bond acceptors (Lipinski definition) is 0. The Labute approximate surface area is 126 Å². The van der Waals surface area contributed by atoms with E-state index < -0.39 is 0 Å². The van der Waals surface area contributed by atoms with Gasteiger partial charge in [-0.2, -0.15) is 0 Å². The highest BCUT2D eigenvalue weighted by Gasteiger charge is 2.32. The summed E-state index contributed by atoms with van der Waals surface area (Å²) in [6, 6.07) is 0. The summed E-state index contributed by atoms with van der Waals surface area (Å²) in [6.07, 6.45) is 7.04. The van der Waals surface area contributed by atoms with Crippen LogP contribution in [-0.4, -0.2) is 0 Å². The smallest absolute Gasteiger partial charge is 0.0265 e. The molecule has 0 bridgehead atoms. The van der Waals surface area contributed by atoms with Crippen LogP contribution in [-0.2, 0) is 0 Å². The van der Waals surface area contributed by atoms with E-state index in [-0.39, 0.29) is 10.8 Å². The van der Waals surface area contributed by atoms with Crippen LogP contribution in [0.1, 0.15) is 74.1 Å². The van der Waals surface area contributed by atoms with Gasteiger partial charge in [-0.05, 0) is 57.3 Å². The molecule has 0 heteroatoms. The van der Waals surface area contributed by atoms with Crippen LogP contribution >= 0.6 is 0 Å². The van der Waals surface area contributed by atoms with Crippen molar-refractivity contribution in [2.75, 3.05) is 0 Å². The highest BCUT2D eigenvalue weighted by molar-refractivity contribution is 5.38. The molecule has 1 aliphatic carbocycles. The van der Waals surface area contributed by atoms with Crippen molar-refractivity contribution in [3.05, 3.63) is 23.8 Å². The highest BCUT2D eigenvalue weighted by atomic mass is 14.4. The fourth-order valence-electron chi connectivity index (χ4n) is 2.46. The molecular weight excluding hydrogens is 240 g/mol. The quantitative estimate of drug-likeness (QED) is 0.427. The molecular formula is C20H32. The first-order valence-corrected chi connectivity index (χ1v) is 7.85. The van der Waals surface area contributed by atoms with Crippen molar-refractivity contribution in [1.29, 1.82) is 0 Å². The lowest BCUT2D eigenvalue weighted by Crippen LogP contribution is -2.25. The van der Waals surface area contributed by atoms with Gasteiger partial charge < -0.3 is 0 Å². The zero-order valence-electron chi connectivity index (χ0n) is 14.6. The number of hydrogen-bond donors (Lipinski definition) is 0. The predicted octanol–water partition coefficient (Wildman–Crippen LogP) is 6.14. The normalized spacial score (nSPS) is 20.6. The van der Waals surface area contributed by atoms with Crippen LogP contribution < -0.4 is 0 Å². The summed E-state index contributed by atoms with van der Waals surface area (Å²) < 4.78 is 0. The summed E-state index contributed by atoms with van der Waals surface area (Å²) in [5, 5.41) is 0. The third-order valence-electron chi connectivity index (χ3n) is 4.37. The van der Waals surface area contributed by atoms with Crippen LogP contribution in [0.4, 0.5) is 0 Å². The molecule has 0 nitrogen and oxygen atoms in total. The lowest BCUT2D eigenvalue weighted by molar-refractivity contribution is 0.288. The molecule has 0 radical (unpaired) electrons. The van der Waals surface area contributed by atoms with E-state index in [1.165, 1.54) is 24.0 Å². The lowest BCUT2D eigenvalue weighted by Gasteiger charge is -2.36. The minimum atomic E-state index is 0.0669. The van der Waals surface area contributed by atoms with Gasteiger partial charge in [-0.15, -0.1) is 6.58 Å². The summed E-state index contributed by atoms with van der Waals surface area (Å²) in [5.41, 5.74) is 3.17. The SMILES string of the molecule is C=C(C)CCC(C)(C)C#CC1=CC(C)(C)CCC1(C)C. The maximum absolute atomic E-state index is 3.99. The molecule has 1 rings (SSSR count). The van der Waals surface area contributed by atoms with Gasteiger partial charge in [-0.3, -0.25) is 0 Å². The first kappa shape index (κ1) is 17.1. The van der Waals surface area contributed by atoms with Crippen molar-refractivity contribution < 1.29 is 0 Å². The van der Waals surface area contributed by atoms with Gasteiger partial charge in [0.2, 0.25) is 0 Å². The van der Waals surface area contributed by atoms with E-state index >= 15 is 0 Å². The Bertz CT molecular complexity index is 458. The third-order valence-corrected chi connectivity index (χ3v) is 4.37. The van der Waals surface area contributed by atoms with Crippen molar-refractivity contribution in [2.45, 2.75) is 74.1 Å². The van der Waals surface area contributed by atoms with Crippen LogP contribution in [0.3, 0.4) is 0 Å². The Balaban J connectivity index is 2.93. The molecule has 0 spiro atoms. The minimum Gasteiger partial charge on any atom is -0.100 e. The van der Waals surface area contributed by atoms with E-state index in [9.17, 15) is 0 Å². The maximum atomic E-state index is 3.99. The first-order chi connectivity index (χ1) is 8.94. The Morgan fingerprint density at radius 2 is 1.85 bits per heavy atom. The largest absolute Gasteiger partial charge is 0.100 e. The van der Waals surface area contributed by atoms with Gasteiger partial charge >= 0.3 is 0 Å². The molecule has 0 N–H and O–H groups in total. The molecule has 0 saturated heterocycles. The van der Waals surface area contributed by atoms with Crippen molar-refractivity contribution in [1.82, 2.24) is 0 Å². The van der Waals surface area contributed by atoms with Crippen LogP contribution in [0.15, 0.2) is 23.8 Å². The zero-order chi connectivity index (χ0) is 15.6. The molecule has 0 aromatic rings. The van der Waals surface area contributed by atoms with Gasteiger partial charge in [0.1, 0.15) is 0 Å². The minimum absolute atomic E-state index is 0.0669. The molecule has 0 aromatic carbocycles. The Morgan fingerprint density at radius 1 is 1.25 bits per heavy atom. The lowest BCUT2D eigenvalue weighted by atomic mass is 9.67. The molecule has 0 amide bonds. The molecule has 0 unspecified atom stereocenters. The van der Waals surface area contributed by atoms with Gasteiger partial charge in [0.05, 0.1) is 0 Å². The van der Waals surface area contributed by atoms with Gasteiger partial charge in [0.25, 0.3) is 0 Å². The summed E-state index contributed by atoms with van der Waals surface area (Å²) in [5.74, 6) is 7.03. The summed E-state index contributed by atoms with van der Waals surface area (Å²) in [6.45, 7) is 19.8. The Kier molecular flexibility index (Phi) is 4.96. The second-order valence-electron chi connectivity index (χ2n) is 8.52. The van der Waals surface area contributed by atoms with E-state index in [0.717, 1.165) is 12.8 Å². The second-order valence-corrected chi connectivity index (χ2v) is 8.52. The van der Waals surface area contributed by atoms with Gasteiger partial charge in [0, 0.05) is 11.0 Å². The first-order valence-electron chi connectivity index (χ1n) is 7.85. The summed E-state index contributed by atoms with van der Waals surface area (Å²) in [7, 11) is 0. The zero-order valence-corrected chi connectivity index (χ0v) is 14.6. The summed E-state index contributed by atoms with van der Waals surface area (Å²) >= 11 is 0. The van der Waals surface area contributed by atoms with Crippen molar-refractivity contribution in [3.63, 3.8) is 0 Å². The fourth-order valence-corrected chi connectivity index (χ4v) is 2.46. The number of rotatable bonds is 3. The number of allylic oxidation sites excluding steroid dienone is 3. The van der Waals surface area contributed by atoms with Gasteiger partial charge in [-0.25, -0.2) is 0 Å². The van der Waals surface area contributed by atoms with E-state index in [4.69, 9.17) is 0 Å². The maximum Gasteiger partial charge on any atom is 0.0265 e. The molecule has 0 aliphatic heterocycles. The van der Waals surface area contributed by atoms with Crippen LogP contribution in [0.5, 0.6) is 0 Å². The van der Waals surface area contributed by atoms with E-state index in [2.05, 4.69) is 73.0 Å². The molecule has 0 fully saturated rings. The topological polar surface area (TPSA) is 0 Å².